The number of phenols is 1. The maximum Gasteiger partial charge on any atom is 1.00 e. The van der Waals surface area contributed by atoms with Crippen molar-refractivity contribution in [2.24, 2.45) is 0 Å². The van der Waals surface area contributed by atoms with Gasteiger partial charge >= 0.3 is 29.6 Å². The minimum absolute atomic E-state index is 0. The molecule has 0 aliphatic heterocycles. The van der Waals surface area contributed by atoms with E-state index in [1.807, 2.05) is 48.7 Å². The van der Waals surface area contributed by atoms with Crippen molar-refractivity contribution in [3.05, 3.63) is 95.9 Å². The second-order valence-electron chi connectivity index (χ2n) is 10.5. The third kappa shape index (κ3) is 8.34. The maximum absolute atomic E-state index is 14.1. The van der Waals surface area contributed by atoms with Gasteiger partial charge in [-0.3, -0.25) is 4.79 Å². The monoisotopic (exact) mass is 596 g/mol. The molecule has 0 bridgehead atoms. The predicted molar refractivity (Wildman–Crippen MR) is 156 cm³/mol. The Morgan fingerprint density at radius 3 is 2.14 bits per heavy atom. The fraction of sp³-hybridized carbons (Fsp3) is 0.273. The van der Waals surface area contributed by atoms with Crippen LogP contribution in [0.25, 0.3) is 22.4 Å². The number of aromatic nitrogens is 1. The van der Waals surface area contributed by atoms with E-state index in [2.05, 4.69) is 5.32 Å². The number of halogens is 1. The SMILES string of the molecule is CC(C)c1c(C(=O)Nc2ccccc2O)c(-c2ccccc2)c(-c2ccc(F)cc2)n1CC[C@@H](O)C[C@@H](O)CC(=O)[O-].[Na+]. The van der Waals surface area contributed by atoms with Gasteiger partial charge in [0.1, 0.15) is 11.6 Å². The van der Waals surface area contributed by atoms with Crippen LogP contribution in [0.3, 0.4) is 0 Å². The minimum atomic E-state index is -1.41. The number of hydrogen-bond donors (Lipinski definition) is 4. The topological polar surface area (TPSA) is 135 Å². The predicted octanol–water partition coefficient (Wildman–Crippen LogP) is 1.69. The van der Waals surface area contributed by atoms with E-state index in [1.54, 1.807) is 30.3 Å². The third-order valence-electron chi connectivity index (χ3n) is 7.04. The Kier molecular flexibility index (Phi) is 12.1. The Balaban J connectivity index is 0.00000506. The van der Waals surface area contributed by atoms with Gasteiger partial charge in [-0.15, -0.1) is 0 Å². The van der Waals surface area contributed by atoms with Crippen molar-refractivity contribution >= 4 is 17.6 Å². The first-order valence-corrected chi connectivity index (χ1v) is 13.8. The van der Waals surface area contributed by atoms with Crippen molar-refractivity contribution in [1.29, 1.82) is 0 Å². The molecule has 8 nitrogen and oxygen atoms in total. The Bertz CT molecular complexity index is 1540. The molecule has 3 aromatic carbocycles. The molecule has 43 heavy (non-hydrogen) atoms. The number of carbonyl (C=O) groups excluding carboxylic acids is 2. The van der Waals surface area contributed by atoms with Crippen molar-refractivity contribution in [2.45, 2.75) is 57.8 Å². The number of nitrogens with one attached hydrogen (secondary N) is 1. The maximum atomic E-state index is 14.1. The molecule has 0 unspecified atom stereocenters. The number of carboxylic acids is 1. The third-order valence-corrected chi connectivity index (χ3v) is 7.04. The summed E-state index contributed by atoms with van der Waals surface area (Å²) in [7, 11) is 0. The number of benzene rings is 3. The number of aliphatic hydroxyl groups excluding tert-OH is 2. The van der Waals surface area contributed by atoms with Gasteiger partial charge in [0.2, 0.25) is 0 Å². The van der Waals surface area contributed by atoms with Crippen LogP contribution in [0.5, 0.6) is 5.75 Å². The Morgan fingerprint density at radius 1 is 0.907 bits per heavy atom. The van der Waals surface area contributed by atoms with Crippen LogP contribution in [0, 0.1) is 5.82 Å². The molecule has 0 saturated carbocycles. The molecule has 0 aliphatic carbocycles. The van der Waals surface area contributed by atoms with E-state index in [0.29, 0.717) is 28.1 Å². The van der Waals surface area contributed by atoms with E-state index >= 15 is 0 Å². The number of carbonyl (C=O) groups is 2. The van der Waals surface area contributed by atoms with Crippen LogP contribution in [0.2, 0.25) is 0 Å². The van der Waals surface area contributed by atoms with E-state index in [4.69, 9.17) is 0 Å². The molecule has 0 radical (unpaired) electrons. The van der Waals surface area contributed by atoms with E-state index in [-0.39, 0.29) is 66.3 Å². The van der Waals surface area contributed by atoms with E-state index < -0.39 is 36.3 Å². The second-order valence-corrected chi connectivity index (χ2v) is 10.5. The van der Waals surface area contributed by atoms with Crippen LogP contribution >= 0.6 is 0 Å². The molecule has 0 fully saturated rings. The standard InChI is InChI=1S/C33H35FN2O6.Na/c1-20(2)31-30(33(42)35-26-10-6-7-11-27(26)39)29(21-8-4-3-5-9-21)32(22-12-14-23(34)15-13-22)36(31)17-16-24(37)18-25(38)19-28(40)41;/h3-15,20,24-25,37-39H,16-19H2,1-2H3,(H,35,42)(H,40,41);/q;+1/p-1/t24-,25-;/m1./s1. The first-order chi connectivity index (χ1) is 20.1. The summed E-state index contributed by atoms with van der Waals surface area (Å²) in [4.78, 5) is 25.0. The Hall–Kier alpha value is -3.47. The van der Waals surface area contributed by atoms with Crippen molar-refractivity contribution in [1.82, 2.24) is 4.57 Å². The molecule has 4 aromatic rings. The van der Waals surface area contributed by atoms with Crippen molar-refractivity contribution in [2.75, 3.05) is 5.32 Å². The molecule has 1 aromatic heterocycles. The number of para-hydroxylation sites is 2. The normalized spacial score (nSPS) is 12.4. The van der Waals surface area contributed by atoms with E-state index in [0.717, 1.165) is 5.56 Å². The van der Waals surface area contributed by atoms with Gasteiger partial charge in [-0.25, -0.2) is 4.39 Å². The molecule has 4 rings (SSSR count). The Morgan fingerprint density at radius 2 is 1.53 bits per heavy atom. The van der Waals surface area contributed by atoms with Crippen molar-refractivity contribution in [3.8, 4) is 28.1 Å². The van der Waals surface area contributed by atoms with Gasteiger partial charge in [0, 0.05) is 30.2 Å². The van der Waals surface area contributed by atoms with Crippen LogP contribution < -0.4 is 40.0 Å². The summed E-state index contributed by atoms with van der Waals surface area (Å²) in [5.41, 5.74) is 3.88. The summed E-state index contributed by atoms with van der Waals surface area (Å²) < 4.78 is 15.9. The molecule has 0 spiro atoms. The number of amides is 1. The fourth-order valence-electron chi connectivity index (χ4n) is 5.24. The van der Waals surface area contributed by atoms with Gasteiger partial charge in [0.25, 0.3) is 5.91 Å². The van der Waals surface area contributed by atoms with Crippen LogP contribution in [0.15, 0.2) is 78.9 Å². The molecule has 0 saturated heterocycles. The zero-order chi connectivity index (χ0) is 30.4. The Labute approximate surface area is 272 Å². The zero-order valence-electron chi connectivity index (χ0n) is 24.5. The fourth-order valence-corrected chi connectivity index (χ4v) is 5.24. The number of aliphatic hydroxyl groups is 2. The number of carboxylic acid groups (broad SMARTS) is 1. The van der Waals surface area contributed by atoms with Gasteiger partial charge in [-0.2, -0.15) is 0 Å². The molecule has 2 atom stereocenters. The van der Waals surface area contributed by atoms with Gasteiger partial charge in [-0.05, 0) is 66.3 Å². The van der Waals surface area contributed by atoms with Gasteiger partial charge in [-0.1, -0.05) is 56.3 Å². The number of phenolic OH excluding ortho intramolecular Hbond substituents is 1. The summed E-state index contributed by atoms with van der Waals surface area (Å²) in [5.74, 6) is -2.56. The first kappa shape index (κ1) is 34.0. The molecule has 0 aliphatic rings. The summed E-state index contributed by atoms with van der Waals surface area (Å²) >= 11 is 0. The second kappa shape index (κ2) is 15.3. The molecule has 1 amide bonds. The average Bonchev–Trinajstić information content (AvgIpc) is 3.29. The summed E-state index contributed by atoms with van der Waals surface area (Å²) in [6.07, 6.45) is -2.92. The smallest absolute Gasteiger partial charge is 0.550 e. The van der Waals surface area contributed by atoms with Crippen molar-refractivity contribution in [3.63, 3.8) is 0 Å². The van der Waals surface area contributed by atoms with Gasteiger partial charge in [0.05, 0.1) is 29.2 Å². The quantitative estimate of drug-likeness (QED) is 0.145. The van der Waals surface area contributed by atoms with Gasteiger partial charge < -0.3 is 35.1 Å². The molecular weight excluding hydrogens is 562 g/mol. The molecule has 220 valence electrons. The number of hydrogen-bond acceptors (Lipinski definition) is 6. The summed E-state index contributed by atoms with van der Waals surface area (Å²) in [6.45, 7) is 4.08. The van der Waals surface area contributed by atoms with Crippen LogP contribution in [0.1, 0.15) is 55.1 Å². The summed E-state index contributed by atoms with van der Waals surface area (Å²) in [5, 5.41) is 44.8. The van der Waals surface area contributed by atoms with E-state index in [9.17, 15) is 34.4 Å². The number of nitrogens with zero attached hydrogens (tertiary/aromatic N) is 1. The first-order valence-electron chi connectivity index (χ1n) is 13.8. The molecule has 10 heteroatoms. The zero-order valence-corrected chi connectivity index (χ0v) is 26.5. The van der Waals surface area contributed by atoms with Crippen LogP contribution in [-0.4, -0.2) is 44.0 Å². The van der Waals surface area contributed by atoms with Crippen LogP contribution in [0.4, 0.5) is 10.1 Å². The molecular formula is C33H34FN2NaO6. The minimum Gasteiger partial charge on any atom is -0.550 e. The van der Waals surface area contributed by atoms with Crippen LogP contribution in [-0.2, 0) is 11.3 Å². The average molecular weight is 597 g/mol. The number of aromatic hydroxyl groups is 1. The summed E-state index contributed by atoms with van der Waals surface area (Å²) in [6, 6.07) is 21.7. The molecule has 4 N–H and O–H groups in total. The van der Waals surface area contributed by atoms with E-state index in [1.165, 1.54) is 18.2 Å². The number of anilines is 1. The van der Waals surface area contributed by atoms with Crippen molar-refractivity contribution < 1.29 is 64.0 Å². The largest absolute Gasteiger partial charge is 1.00 e. The number of aliphatic carboxylic acids is 1. The van der Waals surface area contributed by atoms with Gasteiger partial charge in [0.15, 0.2) is 0 Å². The molecule has 1 heterocycles. The number of rotatable bonds is 12.